The topological polar surface area (TPSA) is 65.1 Å². The van der Waals surface area contributed by atoms with E-state index in [4.69, 9.17) is 14.2 Å². The number of carbonyl (C=O) groups excluding carboxylic acids is 2. The van der Waals surface area contributed by atoms with E-state index in [-0.39, 0.29) is 23.5 Å². The fourth-order valence-electron chi connectivity index (χ4n) is 3.48. The number of thioether (sulfide) groups is 1. The Morgan fingerprint density at radius 3 is 3.04 bits per heavy atom. The highest BCUT2D eigenvalue weighted by Gasteiger charge is 2.53. The Morgan fingerprint density at radius 1 is 1.42 bits per heavy atom. The van der Waals surface area contributed by atoms with Gasteiger partial charge in [-0.05, 0) is 38.0 Å². The van der Waals surface area contributed by atoms with Crippen LogP contribution < -0.4 is 9.47 Å². The molecular formula is C17H19NO5S. The van der Waals surface area contributed by atoms with Gasteiger partial charge in [0.05, 0.1) is 4.87 Å². The zero-order chi connectivity index (χ0) is 16.9. The lowest BCUT2D eigenvalue weighted by Gasteiger charge is -2.30. The fraction of sp³-hybridized carbons (Fsp3) is 0.529. The molecule has 1 amide bonds. The van der Waals surface area contributed by atoms with Crippen LogP contribution >= 0.6 is 11.8 Å². The minimum atomic E-state index is -0.494. The Morgan fingerprint density at radius 2 is 2.21 bits per heavy atom. The third-order valence-electron chi connectivity index (χ3n) is 4.88. The average Bonchev–Trinajstić information content (AvgIpc) is 3.22. The van der Waals surface area contributed by atoms with Gasteiger partial charge in [0, 0.05) is 12.2 Å². The molecule has 0 unspecified atom stereocenters. The number of nitrogens with zero attached hydrogens (tertiary/aromatic N) is 1. The number of ether oxygens (including phenoxy) is 3. The second-order valence-corrected chi connectivity index (χ2v) is 7.96. The highest BCUT2D eigenvalue weighted by molar-refractivity contribution is 8.01. The van der Waals surface area contributed by atoms with Gasteiger partial charge < -0.3 is 19.1 Å². The molecule has 0 N–H and O–H groups in total. The molecule has 7 heteroatoms. The van der Waals surface area contributed by atoms with E-state index in [1.165, 1.54) is 0 Å². The maximum absolute atomic E-state index is 12.6. The molecule has 3 aliphatic heterocycles. The van der Waals surface area contributed by atoms with Crippen LogP contribution in [0.4, 0.5) is 0 Å². The summed E-state index contributed by atoms with van der Waals surface area (Å²) in [5, 5.41) is 0. The summed E-state index contributed by atoms with van der Waals surface area (Å²) in [6.45, 7) is 4.06. The Kier molecular flexibility index (Phi) is 3.63. The largest absolute Gasteiger partial charge is 0.456 e. The van der Waals surface area contributed by atoms with E-state index < -0.39 is 12.1 Å². The first-order valence-corrected chi connectivity index (χ1v) is 9.03. The van der Waals surface area contributed by atoms with E-state index in [1.807, 2.05) is 32.0 Å². The lowest BCUT2D eigenvalue weighted by Crippen LogP contribution is -2.46. The monoisotopic (exact) mass is 349 g/mol. The summed E-state index contributed by atoms with van der Waals surface area (Å²) in [7, 11) is 0. The van der Waals surface area contributed by atoms with Crippen molar-refractivity contribution >= 4 is 23.6 Å². The van der Waals surface area contributed by atoms with Crippen molar-refractivity contribution in [3.63, 3.8) is 0 Å². The molecule has 0 radical (unpaired) electrons. The molecule has 3 atom stereocenters. The molecule has 24 heavy (non-hydrogen) atoms. The fourth-order valence-corrected chi connectivity index (χ4v) is 4.90. The summed E-state index contributed by atoms with van der Waals surface area (Å²) in [5.74, 6) is 1.65. The summed E-state index contributed by atoms with van der Waals surface area (Å²) in [4.78, 5) is 26.2. The molecule has 0 saturated carbocycles. The third-order valence-corrected chi connectivity index (χ3v) is 6.38. The van der Waals surface area contributed by atoms with Crippen LogP contribution in [0.2, 0.25) is 0 Å². The van der Waals surface area contributed by atoms with Crippen molar-refractivity contribution in [3.8, 4) is 11.5 Å². The summed E-state index contributed by atoms with van der Waals surface area (Å²) < 4.78 is 16.3. The molecule has 0 bridgehead atoms. The van der Waals surface area contributed by atoms with E-state index >= 15 is 0 Å². The number of benzene rings is 1. The van der Waals surface area contributed by atoms with Gasteiger partial charge in [0.15, 0.2) is 11.5 Å². The zero-order valence-electron chi connectivity index (χ0n) is 13.6. The predicted octanol–water partition coefficient (Wildman–Crippen LogP) is 2.47. The molecule has 0 spiro atoms. The molecular weight excluding hydrogens is 330 g/mol. The number of rotatable bonds is 3. The Hall–Kier alpha value is -1.89. The summed E-state index contributed by atoms with van der Waals surface area (Å²) in [6.07, 6.45) is 0.879. The van der Waals surface area contributed by atoms with Crippen molar-refractivity contribution in [2.24, 2.45) is 0 Å². The quantitative estimate of drug-likeness (QED) is 0.781. The molecule has 3 heterocycles. The maximum Gasteiger partial charge on any atom is 0.330 e. The maximum atomic E-state index is 12.6. The van der Waals surface area contributed by atoms with Crippen LogP contribution in [0.25, 0.3) is 0 Å². The van der Waals surface area contributed by atoms with E-state index in [9.17, 15) is 9.59 Å². The van der Waals surface area contributed by atoms with Crippen molar-refractivity contribution in [1.82, 2.24) is 4.90 Å². The van der Waals surface area contributed by atoms with Crippen LogP contribution in [0.3, 0.4) is 0 Å². The molecule has 6 nitrogen and oxygen atoms in total. The van der Waals surface area contributed by atoms with E-state index in [0.717, 1.165) is 12.0 Å². The molecule has 0 aromatic heterocycles. The van der Waals surface area contributed by atoms with Gasteiger partial charge in [-0.1, -0.05) is 6.07 Å². The highest BCUT2D eigenvalue weighted by Crippen LogP contribution is 2.47. The highest BCUT2D eigenvalue weighted by atomic mass is 32.2. The van der Waals surface area contributed by atoms with Gasteiger partial charge in [-0.25, -0.2) is 4.79 Å². The first-order chi connectivity index (χ1) is 11.5. The molecule has 4 rings (SSSR count). The van der Waals surface area contributed by atoms with Gasteiger partial charge in [-0.2, -0.15) is 0 Å². The van der Waals surface area contributed by atoms with Gasteiger partial charge in [0.25, 0.3) is 0 Å². The molecule has 1 aromatic rings. The van der Waals surface area contributed by atoms with Crippen molar-refractivity contribution in [3.05, 3.63) is 23.8 Å². The van der Waals surface area contributed by atoms with Crippen LogP contribution in [0.1, 0.15) is 38.4 Å². The van der Waals surface area contributed by atoms with E-state index in [0.29, 0.717) is 23.7 Å². The predicted molar refractivity (Wildman–Crippen MR) is 87.8 cm³/mol. The lowest BCUT2D eigenvalue weighted by molar-refractivity contribution is -0.157. The average molecular weight is 349 g/mol. The van der Waals surface area contributed by atoms with Gasteiger partial charge >= 0.3 is 5.97 Å². The second-order valence-electron chi connectivity index (χ2n) is 6.46. The van der Waals surface area contributed by atoms with Crippen LogP contribution in [-0.4, -0.2) is 40.2 Å². The minimum Gasteiger partial charge on any atom is -0.456 e. The molecule has 2 saturated heterocycles. The first-order valence-electron chi connectivity index (χ1n) is 8.04. The van der Waals surface area contributed by atoms with E-state index in [2.05, 4.69) is 0 Å². The number of esters is 1. The Labute approximate surface area is 144 Å². The van der Waals surface area contributed by atoms with Crippen LogP contribution in [0, 0.1) is 0 Å². The summed E-state index contributed by atoms with van der Waals surface area (Å²) in [5.41, 5.74) is 0.841. The minimum absolute atomic E-state index is 0.0418. The van der Waals surface area contributed by atoms with Gasteiger partial charge in [0.2, 0.25) is 12.7 Å². The van der Waals surface area contributed by atoms with Crippen molar-refractivity contribution in [2.75, 3.05) is 12.5 Å². The third kappa shape index (κ3) is 2.42. The normalized spacial score (nSPS) is 28.8. The number of amides is 1. The Balaban J connectivity index is 1.47. The summed E-state index contributed by atoms with van der Waals surface area (Å²) >= 11 is 1.66. The SMILES string of the molecule is C[C@H](OC(=O)[C@@H]1CS[C@]2(C)CCC(=O)N12)c1ccc2c(c1)OCO2. The standard InChI is InChI=1S/C17H19NO5S/c1-10(11-3-4-13-14(7-11)22-9-21-13)23-16(20)12-8-24-17(2)6-5-15(19)18(12)17/h3-4,7,10,12H,5-6,8-9H2,1-2H3/t10-,12-,17+/m0/s1. The molecule has 1 aromatic carbocycles. The van der Waals surface area contributed by atoms with Crippen molar-refractivity contribution in [1.29, 1.82) is 0 Å². The van der Waals surface area contributed by atoms with Crippen LogP contribution in [0.15, 0.2) is 18.2 Å². The number of carbonyl (C=O) groups is 2. The lowest BCUT2D eigenvalue weighted by atomic mass is 10.1. The first kappa shape index (κ1) is 15.6. The van der Waals surface area contributed by atoms with E-state index in [1.54, 1.807) is 16.7 Å². The number of fused-ring (bicyclic) bond motifs is 2. The second kappa shape index (κ2) is 5.58. The van der Waals surface area contributed by atoms with Gasteiger partial charge in [-0.15, -0.1) is 11.8 Å². The van der Waals surface area contributed by atoms with Gasteiger partial charge in [0.1, 0.15) is 12.1 Å². The number of hydrogen-bond donors (Lipinski definition) is 0. The van der Waals surface area contributed by atoms with Crippen molar-refractivity contribution in [2.45, 2.75) is 43.7 Å². The Bertz CT molecular complexity index is 708. The number of hydrogen-bond acceptors (Lipinski definition) is 6. The van der Waals surface area contributed by atoms with Gasteiger partial charge in [-0.3, -0.25) is 4.79 Å². The smallest absolute Gasteiger partial charge is 0.330 e. The molecule has 2 fully saturated rings. The molecule has 128 valence electrons. The molecule has 3 aliphatic rings. The summed E-state index contributed by atoms with van der Waals surface area (Å²) in [6, 6.07) is 5.01. The van der Waals surface area contributed by atoms with Crippen LogP contribution in [0.5, 0.6) is 11.5 Å². The van der Waals surface area contributed by atoms with Crippen molar-refractivity contribution < 1.29 is 23.8 Å². The molecule has 0 aliphatic carbocycles. The zero-order valence-corrected chi connectivity index (χ0v) is 14.4. The van der Waals surface area contributed by atoms with Crippen LogP contribution in [-0.2, 0) is 14.3 Å².